The van der Waals surface area contributed by atoms with Gasteiger partial charge >= 0.3 is 0 Å². The highest BCUT2D eigenvalue weighted by Crippen LogP contribution is 2.28. The molecule has 1 amide bonds. The van der Waals surface area contributed by atoms with Crippen LogP contribution < -0.4 is 5.32 Å². The minimum atomic E-state index is -0.536. The molecule has 0 radical (unpaired) electrons. The fraction of sp³-hybridized carbons (Fsp3) is 0.318. The molecule has 1 aromatic carbocycles. The number of carbonyl (C=O) groups excluding carboxylic acids is 1. The molecule has 164 valence electrons. The minimum Gasteiger partial charge on any atom is -0.324 e. The second-order valence-electron chi connectivity index (χ2n) is 7.85. The molecule has 1 aliphatic rings. The quantitative estimate of drug-likeness (QED) is 0.411. The average molecular weight is 466 g/mol. The van der Waals surface area contributed by atoms with Crippen LogP contribution in [0.1, 0.15) is 38.1 Å². The first-order valence-corrected chi connectivity index (χ1v) is 11.9. The summed E-state index contributed by atoms with van der Waals surface area (Å²) in [4.78, 5) is 14.1. The average Bonchev–Trinajstić information content (AvgIpc) is 3.51. The topological polar surface area (TPSA) is 93.4 Å². The zero-order valence-corrected chi connectivity index (χ0v) is 19.2. The summed E-state index contributed by atoms with van der Waals surface area (Å²) in [5.74, 6) is 2.38. The van der Waals surface area contributed by atoms with Crippen molar-refractivity contribution in [3.8, 4) is 22.1 Å². The van der Waals surface area contributed by atoms with Crippen LogP contribution in [0.5, 0.6) is 0 Å². The Morgan fingerprint density at radius 1 is 1.19 bits per heavy atom. The van der Waals surface area contributed by atoms with Crippen LogP contribution in [0.25, 0.3) is 22.1 Å². The number of nitrogens with one attached hydrogen (secondary N) is 2. The number of aryl methyl sites for hydroxylation is 1. The highest BCUT2D eigenvalue weighted by atomic mass is 32.1. The van der Waals surface area contributed by atoms with E-state index in [4.69, 9.17) is 12.2 Å². The Bertz CT molecular complexity index is 1300. The number of H-pyrrole nitrogens is 1. The number of hydrogen-bond donors (Lipinski definition) is 2. The molecule has 0 aliphatic carbocycles. The standard InChI is InChI=1S/C22H23N7OS2/c1-14(29-20(26-27-22(29)31)17-9-6-12-32-17)21(30)23-16-8-5-7-15(13-16)19-25-24-18-10-3-2-4-11-28(18)19/h5-9,12-14H,2-4,10-11H2,1H3,(H,23,30)(H,27,31)/t14-/m0/s1. The smallest absolute Gasteiger partial charge is 0.247 e. The van der Waals surface area contributed by atoms with Crippen LogP contribution in [0.3, 0.4) is 0 Å². The van der Waals surface area contributed by atoms with Gasteiger partial charge in [-0.2, -0.15) is 5.10 Å². The molecule has 2 N–H and O–H groups in total. The lowest BCUT2D eigenvalue weighted by molar-refractivity contribution is -0.118. The van der Waals surface area contributed by atoms with E-state index < -0.39 is 6.04 Å². The number of thiophene rings is 1. The number of carbonyl (C=O) groups is 1. The fourth-order valence-corrected chi connectivity index (χ4v) is 5.04. The number of rotatable bonds is 5. The predicted molar refractivity (Wildman–Crippen MR) is 127 cm³/mol. The molecule has 0 saturated carbocycles. The van der Waals surface area contributed by atoms with Gasteiger partial charge in [0, 0.05) is 24.2 Å². The molecular weight excluding hydrogens is 442 g/mol. The fourth-order valence-electron chi connectivity index (χ4n) is 4.04. The number of aromatic nitrogens is 6. The normalized spacial score (nSPS) is 14.5. The molecular formula is C22H23N7OS2. The maximum atomic E-state index is 13.1. The lowest BCUT2D eigenvalue weighted by Gasteiger charge is -2.16. The number of benzene rings is 1. The van der Waals surface area contributed by atoms with E-state index in [1.165, 1.54) is 6.42 Å². The number of nitrogens with zero attached hydrogens (tertiary/aromatic N) is 5. The number of anilines is 1. The van der Waals surface area contributed by atoms with Crippen molar-refractivity contribution in [2.24, 2.45) is 0 Å². The van der Waals surface area contributed by atoms with Gasteiger partial charge in [-0.25, -0.2) is 0 Å². The van der Waals surface area contributed by atoms with Gasteiger partial charge < -0.3 is 9.88 Å². The van der Waals surface area contributed by atoms with Gasteiger partial charge in [0.25, 0.3) is 0 Å². The second-order valence-corrected chi connectivity index (χ2v) is 9.18. The molecule has 10 heteroatoms. The Morgan fingerprint density at radius 2 is 2.09 bits per heavy atom. The van der Waals surface area contributed by atoms with Crippen LogP contribution in [-0.4, -0.2) is 35.4 Å². The molecule has 0 unspecified atom stereocenters. The van der Waals surface area contributed by atoms with Crippen LogP contribution in [0.15, 0.2) is 41.8 Å². The third kappa shape index (κ3) is 3.91. The third-order valence-corrected chi connectivity index (χ3v) is 6.86. The van der Waals surface area contributed by atoms with Crippen LogP contribution >= 0.6 is 23.6 Å². The van der Waals surface area contributed by atoms with Crippen molar-refractivity contribution in [3.63, 3.8) is 0 Å². The Hall–Kier alpha value is -3.11. The zero-order chi connectivity index (χ0) is 22.1. The van der Waals surface area contributed by atoms with Crippen molar-refractivity contribution in [1.82, 2.24) is 29.5 Å². The third-order valence-electron chi connectivity index (χ3n) is 5.71. The van der Waals surface area contributed by atoms with Gasteiger partial charge in [-0.15, -0.1) is 21.5 Å². The highest BCUT2D eigenvalue weighted by molar-refractivity contribution is 7.71. The second kappa shape index (κ2) is 8.79. The molecule has 5 rings (SSSR count). The molecule has 3 aromatic heterocycles. The van der Waals surface area contributed by atoms with Crippen molar-refractivity contribution in [2.75, 3.05) is 5.32 Å². The van der Waals surface area contributed by atoms with Gasteiger partial charge in [-0.3, -0.25) is 14.5 Å². The molecule has 0 saturated heterocycles. The van der Waals surface area contributed by atoms with Gasteiger partial charge in [-0.05, 0) is 55.6 Å². The maximum Gasteiger partial charge on any atom is 0.247 e. The molecule has 0 bridgehead atoms. The molecule has 8 nitrogen and oxygen atoms in total. The predicted octanol–water partition coefficient (Wildman–Crippen LogP) is 4.85. The SMILES string of the molecule is C[C@@H](C(=O)Nc1cccc(-c2nnc3n2CCCCC3)c1)n1c(-c2cccs2)n[nH]c1=S. The maximum absolute atomic E-state index is 13.1. The summed E-state index contributed by atoms with van der Waals surface area (Å²) in [5.41, 5.74) is 1.65. The van der Waals surface area contributed by atoms with E-state index >= 15 is 0 Å². The highest BCUT2D eigenvalue weighted by Gasteiger charge is 2.22. The first-order valence-electron chi connectivity index (χ1n) is 10.7. The molecule has 1 aliphatic heterocycles. The van der Waals surface area contributed by atoms with Crippen LogP contribution in [-0.2, 0) is 17.8 Å². The molecule has 4 aromatic rings. The Morgan fingerprint density at radius 3 is 2.94 bits per heavy atom. The van der Waals surface area contributed by atoms with E-state index in [0.717, 1.165) is 47.9 Å². The molecule has 0 fully saturated rings. The zero-order valence-electron chi connectivity index (χ0n) is 17.6. The summed E-state index contributed by atoms with van der Waals surface area (Å²) in [6.07, 6.45) is 4.44. The number of amides is 1. The van der Waals surface area contributed by atoms with Crippen LogP contribution in [0.2, 0.25) is 0 Å². The van der Waals surface area contributed by atoms with E-state index in [1.54, 1.807) is 15.9 Å². The van der Waals surface area contributed by atoms with E-state index in [0.29, 0.717) is 16.3 Å². The lowest BCUT2D eigenvalue weighted by atomic mass is 10.1. The summed E-state index contributed by atoms with van der Waals surface area (Å²) in [5, 5.41) is 20.9. The molecule has 0 spiro atoms. The first kappa shape index (κ1) is 20.8. The Labute approximate surface area is 194 Å². The summed E-state index contributed by atoms with van der Waals surface area (Å²) in [7, 11) is 0. The van der Waals surface area contributed by atoms with E-state index in [1.807, 2.05) is 48.7 Å². The van der Waals surface area contributed by atoms with Gasteiger partial charge in [0.1, 0.15) is 11.9 Å². The van der Waals surface area contributed by atoms with Crippen LogP contribution in [0.4, 0.5) is 5.69 Å². The molecule has 4 heterocycles. The number of fused-ring (bicyclic) bond motifs is 1. The number of aromatic amines is 1. The van der Waals surface area contributed by atoms with Crippen molar-refractivity contribution in [3.05, 3.63) is 52.4 Å². The monoisotopic (exact) mass is 465 g/mol. The number of hydrogen-bond acceptors (Lipinski definition) is 6. The molecule has 1 atom stereocenters. The van der Waals surface area contributed by atoms with Gasteiger partial charge in [0.2, 0.25) is 5.91 Å². The Kier molecular flexibility index (Phi) is 5.71. The van der Waals surface area contributed by atoms with Gasteiger partial charge in [-0.1, -0.05) is 24.6 Å². The summed E-state index contributed by atoms with van der Waals surface area (Å²) >= 11 is 6.95. The van der Waals surface area contributed by atoms with E-state index in [-0.39, 0.29) is 5.91 Å². The van der Waals surface area contributed by atoms with Crippen molar-refractivity contribution < 1.29 is 4.79 Å². The largest absolute Gasteiger partial charge is 0.324 e. The minimum absolute atomic E-state index is 0.169. The van der Waals surface area contributed by atoms with Crippen LogP contribution in [0, 0.1) is 4.77 Å². The van der Waals surface area contributed by atoms with Crippen molar-refractivity contribution in [2.45, 2.75) is 45.2 Å². The summed E-state index contributed by atoms with van der Waals surface area (Å²) in [6, 6.07) is 11.1. The summed E-state index contributed by atoms with van der Waals surface area (Å²) < 4.78 is 4.36. The van der Waals surface area contributed by atoms with Gasteiger partial charge in [0.05, 0.1) is 4.88 Å². The van der Waals surface area contributed by atoms with Crippen molar-refractivity contribution >= 4 is 35.1 Å². The molecule has 32 heavy (non-hydrogen) atoms. The van der Waals surface area contributed by atoms with E-state index in [9.17, 15) is 4.79 Å². The summed E-state index contributed by atoms with van der Waals surface area (Å²) in [6.45, 7) is 2.75. The van der Waals surface area contributed by atoms with Crippen molar-refractivity contribution in [1.29, 1.82) is 0 Å². The lowest BCUT2D eigenvalue weighted by Crippen LogP contribution is -2.24. The van der Waals surface area contributed by atoms with E-state index in [2.05, 4.69) is 30.3 Å². The Balaban J connectivity index is 1.39. The van der Waals surface area contributed by atoms with Gasteiger partial charge in [0.15, 0.2) is 16.4 Å². The first-order chi connectivity index (χ1) is 15.6.